The van der Waals surface area contributed by atoms with E-state index in [4.69, 9.17) is 15.2 Å². The molecule has 156 valence electrons. The van der Waals surface area contributed by atoms with E-state index in [1.54, 1.807) is 30.3 Å². The van der Waals surface area contributed by atoms with Gasteiger partial charge in [0.25, 0.3) is 5.69 Å². The minimum atomic E-state index is -0.970. The molecule has 0 spiro atoms. The molecule has 2 aromatic carbocycles. The number of nitrogens with two attached hydrogens (primary N) is 1. The Kier molecular flexibility index (Phi) is 6.26. The first-order valence-corrected chi connectivity index (χ1v) is 9.07. The number of benzene rings is 2. The fourth-order valence-corrected chi connectivity index (χ4v) is 3.09. The number of nitro benzene ring substituents is 1. The van der Waals surface area contributed by atoms with Gasteiger partial charge < -0.3 is 15.2 Å². The molecule has 0 aromatic heterocycles. The molecule has 1 aliphatic heterocycles. The van der Waals surface area contributed by atoms with Crippen molar-refractivity contribution >= 4 is 23.7 Å². The van der Waals surface area contributed by atoms with Gasteiger partial charge in [-0.3, -0.25) is 19.8 Å². The van der Waals surface area contributed by atoms with Crippen molar-refractivity contribution in [2.75, 3.05) is 6.54 Å². The second kappa shape index (κ2) is 9.03. The number of nitro groups is 1. The van der Waals surface area contributed by atoms with Gasteiger partial charge in [-0.05, 0) is 29.8 Å². The van der Waals surface area contributed by atoms with E-state index in [1.807, 2.05) is 0 Å². The lowest BCUT2D eigenvalue weighted by atomic mass is 10.2. The first-order chi connectivity index (χ1) is 14.3. The molecule has 30 heavy (non-hydrogen) atoms. The van der Waals surface area contributed by atoms with Crippen LogP contribution in [-0.4, -0.2) is 46.5 Å². The Balaban J connectivity index is 1.60. The molecule has 1 heterocycles. The lowest BCUT2D eigenvalue weighted by Gasteiger charge is -2.21. The van der Waals surface area contributed by atoms with E-state index in [0.717, 1.165) is 4.90 Å². The third-order valence-electron chi connectivity index (χ3n) is 4.62. The van der Waals surface area contributed by atoms with Crippen LogP contribution in [0.4, 0.5) is 10.5 Å². The average molecular weight is 413 g/mol. The molecule has 1 aliphatic rings. The molecule has 1 fully saturated rings. The van der Waals surface area contributed by atoms with Crippen molar-refractivity contribution < 1.29 is 28.8 Å². The molecule has 2 N–H and O–H groups in total. The average Bonchev–Trinajstić information content (AvgIpc) is 3.17. The van der Waals surface area contributed by atoms with Crippen molar-refractivity contribution in [2.45, 2.75) is 25.2 Å². The van der Waals surface area contributed by atoms with Gasteiger partial charge >= 0.3 is 12.1 Å². The summed E-state index contributed by atoms with van der Waals surface area (Å²) >= 11 is 0. The summed E-state index contributed by atoms with van der Waals surface area (Å²) in [5.41, 5.74) is 6.20. The molecule has 0 saturated carbocycles. The standard InChI is InChI=1S/C20H19N3O7/c21-18(24)17-10-16(30-19(25)14-4-2-1-3-5-14)11-22(17)20(26)29-12-13-6-8-15(9-7-13)23(27)28/h1-9,16-17H,10-12H2,(H2,21,24)/t16-,17+/m1/s1. The third-order valence-corrected chi connectivity index (χ3v) is 4.62. The number of amides is 2. The van der Waals surface area contributed by atoms with Crippen LogP contribution in [0.5, 0.6) is 0 Å². The van der Waals surface area contributed by atoms with Gasteiger partial charge in [-0.15, -0.1) is 0 Å². The molecule has 10 heteroatoms. The number of primary amides is 1. The van der Waals surface area contributed by atoms with Gasteiger partial charge in [-0.25, -0.2) is 9.59 Å². The highest BCUT2D eigenvalue weighted by atomic mass is 16.6. The van der Waals surface area contributed by atoms with Gasteiger partial charge in [0.2, 0.25) is 5.91 Å². The lowest BCUT2D eigenvalue weighted by Crippen LogP contribution is -2.44. The maximum atomic E-state index is 12.5. The van der Waals surface area contributed by atoms with Gasteiger partial charge in [0.15, 0.2) is 0 Å². The Morgan fingerprint density at radius 3 is 2.37 bits per heavy atom. The van der Waals surface area contributed by atoms with Crippen LogP contribution in [0.15, 0.2) is 54.6 Å². The van der Waals surface area contributed by atoms with Crippen molar-refractivity contribution in [3.8, 4) is 0 Å². The Bertz CT molecular complexity index is 947. The minimum absolute atomic E-state index is 0.0364. The zero-order chi connectivity index (χ0) is 21.7. The molecule has 0 bridgehead atoms. The predicted octanol–water partition coefficient (Wildman–Crippen LogP) is 2.02. The van der Waals surface area contributed by atoms with Gasteiger partial charge in [0.05, 0.1) is 17.0 Å². The number of non-ortho nitro benzene ring substituents is 1. The highest BCUT2D eigenvalue weighted by molar-refractivity contribution is 5.90. The molecule has 2 aromatic rings. The van der Waals surface area contributed by atoms with Gasteiger partial charge in [0.1, 0.15) is 18.8 Å². The number of hydrogen-bond acceptors (Lipinski definition) is 7. The summed E-state index contributed by atoms with van der Waals surface area (Å²) in [6.45, 7) is -0.182. The maximum absolute atomic E-state index is 12.5. The van der Waals surface area contributed by atoms with Crippen LogP contribution >= 0.6 is 0 Å². The van der Waals surface area contributed by atoms with Crippen LogP contribution in [0.2, 0.25) is 0 Å². The normalized spacial score (nSPS) is 17.9. The zero-order valence-electron chi connectivity index (χ0n) is 15.8. The monoisotopic (exact) mass is 413 g/mol. The number of likely N-dealkylation sites (tertiary alicyclic amines) is 1. The van der Waals surface area contributed by atoms with Crippen molar-refractivity contribution in [3.63, 3.8) is 0 Å². The molecule has 10 nitrogen and oxygen atoms in total. The fourth-order valence-electron chi connectivity index (χ4n) is 3.09. The van der Waals surface area contributed by atoms with Crippen LogP contribution in [0.1, 0.15) is 22.3 Å². The minimum Gasteiger partial charge on any atom is -0.457 e. The molecule has 0 unspecified atom stereocenters. The summed E-state index contributed by atoms with van der Waals surface area (Å²) in [4.78, 5) is 47.7. The number of ether oxygens (including phenoxy) is 2. The molecule has 0 aliphatic carbocycles. The SMILES string of the molecule is NC(=O)[C@@H]1C[C@@H](OC(=O)c2ccccc2)CN1C(=O)OCc1ccc([N+](=O)[O-])cc1. The Morgan fingerprint density at radius 1 is 1.10 bits per heavy atom. The second-order valence-electron chi connectivity index (χ2n) is 6.68. The van der Waals surface area contributed by atoms with Crippen molar-refractivity contribution in [3.05, 3.63) is 75.8 Å². The molecule has 1 saturated heterocycles. The van der Waals surface area contributed by atoms with Crippen LogP contribution in [0, 0.1) is 10.1 Å². The predicted molar refractivity (Wildman–Crippen MR) is 103 cm³/mol. The van der Waals surface area contributed by atoms with Crippen LogP contribution in [0.25, 0.3) is 0 Å². The Morgan fingerprint density at radius 2 is 1.77 bits per heavy atom. The van der Waals surface area contributed by atoms with E-state index in [0.29, 0.717) is 11.1 Å². The molecule has 0 radical (unpaired) electrons. The second-order valence-corrected chi connectivity index (χ2v) is 6.68. The van der Waals surface area contributed by atoms with Crippen LogP contribution in [0.3, 0.4) is 0 Å². The van der Waals surface area contributed by atoms with Crippen LogP contribution < -0.4 is 5.73 Å². The van der Waals surface area contributed by atoms with E-state index in [9.17, 15) is 24.5 Å². The Hall–Kier alpha value is -3.95. The van der Waals surface area contributed by atoms with E-state index < -0.39 is 35.0 Å². The van der Waals surface area contributed by atoms with Gasteiger partial charge in [-0.1, -0.05) is 18.2 Å². The highest BCUT2D eigenvalue weighted by Crippen LogP contribution is 2.23. The van der Waals surface area contributed by atoms with Crippen molar-refractivity contribution in [1.82, 2.24) is 4.90 Å². The van der Waals surface area contributed by atoms with E-state index in [1.165, 1.54) is 24.3 Å². The lowest BCUT2D eigenvalue weighted by molar-refractivity contribution is -0.384. The van der Waals surface area contributed by atoms with Crippen molar-refractivity contribution in [1.29, 1.82) is 0 Å². The smallest absolute Gasteiger partial charge is 0.410 e. The Labute approximate surface area is 171 Å². The number of carbonyl (C=O) groups is 3. The summed E-state index contributed by atoms with van der Waals surface area (Å²) in [7, 11) is 0. The first kappa shape index (κ1) is 20.8. The molecular weight excluding hydrogens is 394 g/mol. The van der Waals surface area contributed by atoms with Crippen molar-refractivity contribution in [2.24, 2.45) is 5.73 Å². The maximum Gasteiger partial charge on any atom is 0.410 e. The summed E-state index contributed by atoms with van der Waals surface area (Å²) in [6, 6.07) is 12.9. The number of esters is 1. The van der Waals surface area contributed by atoms with E-state index >= 15 is 0 Å². The molecule has 3 rings (SSSR count). The number of nitrogens with zero attached hydrogens (tertiary/aromatic N) is 2. The summed E-state index contributed by atoms with van der Waals surface area (Å²) in [6.07, 6.45) is -1.43. The molecular formula is C20H19N3O7. The van der Waals surface area contributed by atoms with E-state index in [2.05, 4.69) is 0 Å². The molecule has 2 atom stereocenters. The summed E-state index contributed by atoms with van der Waals surface area (Å²) in [5, 5.41) is 10.7. The highest BCUT2D eigenvalue weighted by Gasteiger charge is 2.41. The first-order valence-electron chi connectivity index (χ1n) is 9.07. The van der Waals surface area contributed by atoms with E-state index in [-0.39, 0.29) is 25.3 Å². The number of hydrogen-bond donors (Lipinski definition) is 1. The number of carbonyl (C=O) groups excluding carboxylic acids is 3. The fraction of sp³-hybridized carbons (Fsp3) is 0.250. The van der Waals surface area contributed by atoms with Crippen LogP contribution in [-0.2, 0) is 20.9 Å². The summed E-state index contributed by atoms with van der Waals surface area (Å²) < 4.78 is 10.6. The summed E-state index contributed by atoms with van der Waals surface area (Å²) in [5.74, 6) is -1.30. The molecule has 2 amide bonds. The topological polar surface area (TPSA) is 142 Å². The van der Waals surface area contributed by atoms with Gasteiger partial charge in [0, 0.05) is 18.6 Å². The third kappa shape index (κ3) is 4.90. The quantitative estimate of drug-likeness (QED) is 0.434. The van der Waals surface area contributed by atoms with Gasteiger partial charge in [-0.2, -0.15) is 0 Å². The zero-order valence-corrected chi connectivity index (χ0v) is 15.8. The largest absolute Gasteiger partial charge is 0.457 e. The number of rotatable bonds is 6.